The molecular weight excluding hydrogens is 384 g/mol. The van der Waals surface area contributed by atoms with E-state index in [1.54, 1.807) is 18.2 Å². The van der Waals surface area contributed by atoms with Gasteiger partial charge >= 0.3 is 5.97 Å². The highest BCUT2D eigenvalue weighted by Gasteiger charge is 2.38. The first-order chi connectivity index (χ1) is 13.7. The maximum absolute atomic E-state index is 13.2. The fourth-order valence-electron chi connectivity index (χ4n) is 3.26. The van der Waals surface area contributed by atoms with E-state index in [9.17, 15) is 9.59 Å². The van der Waals surface area contributed by atoms with Crippen molar-refractivity contribution in [1.82, 2.24) is 0 Å². The van der Waals surface area contributed by atoms with Crippen molar-refractivity contribution in [1.29, 1.82) is 0 Å². The molecule has 0 heterocycles. The Morgan fingerprint density at radius 1 is 0.862 bits per heavy atom. The number of hydrogen-bond donors (Lipinski definition) is 0. The average Bonchev–Trinajstić information content (AvgIpc) is 2.70. The Morgan fingerprint density at radius 3 is 2.14 bits per heavy atom. The molecule has 29 heavy (non-hydrogen) atoms. The Morgan fingerprint density at radius 2 is 1.52 bits per heavy atom. The monoisotopic (exact) mass is 414 g/mol. The first-order valence-corrected chi connectivity index (χ1v) is 10.7. The minimum absolute atomic E-state index is 0.0545. The maximum atomic E-state index is 13.2. The van der Waals surface area contributed by atoms with E-state index in [0.717, 1.165) is 24.8 Å². The molecule has 2 aromatic carbocycles. The third-order valence-electron chi connectivity index (χ3n) is 4.96. The van der Waals surface area contributed by atoms with Crippen molar-refractivity contribution in [2.75, 3.05) is 5.88 Å². The summed E-state index contributed by atoms with van der Waals surface area (Å²) >= 11 is 5.80. The molecule has 0 fully saturated rings. The van der Waals surface area contributed by atoms with E-state index in [4.69, 9.17) is 16.3 Å². The number of carbonyl (C=O) groups is 2. The summed E-state index contributed by atoms with van der Waals surface area (Å²) in [6.07, 6.45) is 3.37. The summed E-state index contributed by atoms with van der Waals surface area (Å²) in [6, 6.07) is 16.6. The van der Waals surface area contributed by atoms with Crippen molar-refractivity contribution in [3.8, 4) is 0 Å². The molecule has 0 amide bonds. The van der Waals surface area contributed by atoms with Gasteiger partial charge in [-0.25, -0.2) is 0 Å². The topological polar surface area (TPSA) is 43.4 Å². The molecule has 0 saturated carbocycles. The number of benzene rings is 2. The van der Waals surface area contributed by atoms with Crippen molar-refractivity contribution in [3.05, 3.63) is 71.3 Å². The number of alkyl halides is 1. The molecular formula is C25H31ClO3. The average molecular weight is 415 g/mol. The SMILES string of the molecule is CC(C)(C)OC(=O)C(C)(CCCCCCl)c1cccc(C(=O)c2ccccc2)c1. The molecule has 0 spiro atoms. The minimum Gasteiger partial charge on any atom is -0.459 e. The van der Waals surface area contributed by atoms with E-state index in [-0.39, 0.29) is 11.8 Å². The molecule has 2 rings (SSSR count). The lowest BCUT2D eigenvalue weighted by atomic mass is 9.77. The molecule has 1 unspecified atom stereocenters. The minimum atomic E-state index is -0.827. The van der Waals surface area contributed by atoms with Gasteiger partial charge in [0.25, 0.3) is 0 Å². The lowest BCUT2D eigenvalue weighted by molar-refractivity contribution is -0.162. The molecule has 0 aliphatic heterocycles. The molecule has 156 valence electrons. The molecule has 2 aromatic rings. The van der Waals surface area contributed by atoms with Crippen LogP contribution in [0.5, 0.6) is 0 Å². The number of carbonyl (C=O) groups excluding carboxylic acids is 2. The lowest BCUT2D eigenvalue weighted by Gasteiger charge is -2.32. The van der Waals surface area contributed by atoms with E-state index < -0.39 is 11.0 Å². The number of ether oxygens (including phenoxy) is 1. The van der Waals surface area contributed by atoms with Gasteiger partial charge in [0.1, 0.15) is 5.60 Å². The first kappa shape index (κ1) is 23.2. The summed E-state index contributed by atoms with van der Waals surface area (Å²) < 4.78 is 5.75. The van der Waals surface area contributed by atoms with Crippen molar-refractivity contribution in [2.45, 2.75) is 64.4 Å². The first-order valence-electron chi connectivity index (χ1n) is 10.2. The Bertz CT molecular complexity index is 823. The van der Waals surface area contributed by atoms with Crippen LogP contribution in [-0.4, -0.2) is 23.2 Å². The Balaban J connectivity index is 2.37. The number of unbranched alkanes of at least 4 members (excludes halogenated alkanes) is 2. The molecule has 0 saturated heterocycles. The molecule has 3 nitrogen and oxygen atoms in total. The zero-order valence-electron chi connectivity index (χ0n) is 17.8. The number of esters is 1. The molecule has 0 aliphatic carbocycles. The highest BCUT2D eigenvalue weighted by molar-refractivity contribution is 6.17. The van der Waals surface area contributed by atoms with Crippen LogP contribution in [0, 0.1) is 0 Å². The van der Waals surface area contributed by atoms with E-state index in [1.807, 2.05) is 64.1 Å². The van der Waals surface area contributed by atoms with E-state index in [1.165, 1.54) is 0 Å². The normalized spacial score (nSPS) is 13.6. The van der Waals surface area contributed by atoms with Crippen molar-refractivity contribution in [2.24, 2.45) is 0 Å². The van der Waals surface area contributed by atoms with Crippen molar-refractivity contribution >= 4 is 23.4 Å². The molecule has 0 bridgehead atoms. The molecule has 0 aliphatic rings. The number of ketones is 1. The summed E-state index contributed by atoms with van der Waals surface area (Å²) in [4.78, 5) is 26.1. The summed E-state index contributed by atoms with van der Waals surface area (Å²) in [5.74, 6) is 0.297. The van der Waals surface area contributed by atoms with Gasteiger partial charge in [0, 0.05) is 17.0 Å². The smallest absolute Gasteiger partial charge is 0.316 e. The van der Waals surface area contributed by atoms with Crippen LogP contribution >= 0.6 is 11.6 Å². The highest BCUT2D eigenvalue weighted by atomic mass is 35.5. The van der Waals surface area contributed by atoms with Crippen LogP contribution in [0.15, 0.2) is 54.6 Å². The largest absolute Gasteiger partial charge is 0.459 e. The van der Waals surface area contributed by atoms with Gasteiger partial charge in [-0.3, -0.25) is 9.59 Å². The molecule has 4 heteroatoms. The van der Waals surface area contributed by atoms with Crippen LogP contribution in [0.25, 0.3) is 0 Å². The van der Waals surface area contributed by atoms with Gasteiger partial charge in [-0.05, 0) is 52.2 Å². The molecule has 0 aromatic heterocycles. The number of rotatable bonds is 9. The third-order valence-corrected chi connectivity index (χ3v) is 5.22. The third kappa shape index (κ3) is 6.43. The van der Waals surface area contributed by atoms with Crippen molar-refractivity contribution < 1.29 is 14.3 Å². The van der Waals surface area contributed by atoms with Gasteiger partial charge in [-0.1, -0.05) is 61.4 Å². The van der Waals surface area contributed by atoms with Crippen LogP contribution in [0.4, 0.5) is 0 Å². The quantitative estimate of drug-likeness (QED) is 0.209. The van der Waals surface area contributed by atoms with E-state index in [0.29, 0.717) is 23.4 Å². The van der Waals surface area contributed by atoms with Crippen molar-refractivity contribution in [3.63, 3.8) is 0 Å². The molecule has 0 N–H and O–H groups in total. The highest BCUT2D eigenvalue weighted by Crippen LogP contribution is 2.34. The number of halogens is 1. The van der Waals surface area contributed by atoms with E-state index in [2.05, 4.69) is 0 Å². The van der Waals surface area contributed by atoms with Gasteiger partial charge in [-0.15, -0.1) is 11.6 Å². The van der Waals surface area contributed by atoms with Crippen LogP contribution in [-0.2, 0) is 14.9 Å². The predicted molar refractivity (Wildman–Crippen MR) is 119 cm³/mol. The Hall–Kier alpha value is -2.13. The van der Waals surface area contributed by atoms with Gasteiger partial charge in [-0.2, -0.15) is 0 Å². The fraction of sp³-hybridized carbons (Fsp3) is 0.440. The number of hydrogen-bond acceptors (Lipinski definition) is 3. The second-order valence-electron chi connectivity index (χ2n) is 8.61. The van der Waals surface area contributed by atoms with Gasteiger partial charge in [0.05, 0.1) is 5.41 Å². The second-order valence-corrected chi connectivity index (χ2v) is 8.99. The second kappa shape index (κ2) is 10.1. The summed E-state index contributed by atoms with van der Waals surface area (Å²) in [5.41, 5.74) is 0.604. The van der Waals surface area contributed by atoms with Gasteiger partial charge in [0.15, 0.2) is 5.78 Å². The van der Waals surface area contributed by atoms with Crippen LogP contribution in [0.1, 0.15) is 74.9 Å². The molecule has 0 radical (unpaired) electrons. The van der Waals surface area contributed by atoms with Crippen LogP contribution in [0.2, 0.25) is 0 Å². The van der Waals surface area contributed by atoms with Crippen LogP contribution < -0.4 is 0 Å². The Labute approximate surface area is 179 Å². The summed E-state index contributed by atoms with van der Waals surface area (Å²) in [7, 11) is 0. The lowest BCUT2D eigenvalue weighted by Crippen LogP contribution is -2.39. The molecule has 1 atom stereocenters. The summed E-state index contributed by atoms with van der Waals surface area (Å²) in [6.45, 7) is 7.52. The fourth-order valence-corrected chi connectivity index (χ4v) is 3.45. The Kier molecular flexibility index (Phi) is 8.04. The zero-order chi connectivity index (χ0) is 21.5. The van der Waals surface area contributed by atoms with E-state index >= 15 is 0 Å². The van der Waals surface area contributed by atoms with Crippen LogP contribution in [0.3, 0.4) is 0 Å². The van der Waals surface area contributed by atoms with Gasteiger partial charge < -0.3 is 4.74 Å². The predicted octanol–water partition coefficient (Wildman–Crippen LogP) is 6.32. The zero-order valence-corrected chi connectivity index (χ0v) is 18.6. The standard InChI is InChI=1S/C25H31ClO3/c1-24(2,3)29-23(28)25(4,16-9-6-10-17-26)21-15-11-14-20(18-21)22(27)19-12-7-5-8-13-19/h5,7-8,11-15,18H,6,9-10,16-17H2,1-4H3. The van der Waals surface area contributed by atoms with Gasteiger partial charge in [0.2, 0.25) is 0 Å². The maximum Gasteiger partial charge on any atom is 0.316 e. The summed E-state index contributed by atoms with van der Waals surface area (Å²) in [5, 5.41) is 0.